The fourth-order valence-corrected chi connectivity index (χ4v) is 1.24. The summed E-state index contributed by atoms with van der Waals surface area (Å²) in [5, 5.41) is 3.31. The molecular formula is C10H19N4+. The van der Waals surface area contributed by atoms with Gasteiger partial charge >= 0.3 is 0 Å². The van der Waals surface area contributed by atoms with E-state index in [0.29, 0.717) is 6.04 Å². The lowest BCUT2D eigenvalue weighted by Crippen LogP contribution is -2.38. The van der Waals surface area contributed by atoms with Crippen LogP contribution >= 0.6 is 0 Å². The molecule has 1 aliphatic heterocycles. The molecule has 0 aromatic rings. The molecule has 1 heterocycles. The number of hydrogen-bond donors (Lipinski definition) is 1. The first-order valence-electron chi connectivity index (χ1n) is 4.87. The van der Waals surface area contributed by atoms with E-state index in [0.717, 1.165) is 19.0 Å². The molecule has 0 aromatic heterocycles. The maximum Gasteiger partial charge on any atom is 0.288 e. The Balaban J connectivity index is 2.75. The van der Waals surface area contributed by atoms with Gasteiger partial charge in [0, 0.05) is 6.04 Å². The minimum atomic E-state index is 0.413. The zero-order valence-corrected chi connectivity index (χ0v) is 9.20. The highest BCUT2D eigenvalue weighted by Gasteiger charge is 2.14. The Morgan fingerprint density at radius 2 is 2.36 bits per heavy atom. The molecule has 1 N–H and O–H groups in total. The second kappa shape index (κ2) is 4.91. The maximum absolute atomic E-state index is 4.29. The Morgan fingerprint density at radius 1 is 1.64 bits per heavy atom. The standard InChI is InChI=1S/C10H19N4/c1-9(2)14-7-11-5-6-13(4)8-12-10(14)3/h6,8-9,11H,3,5,7H2,1-2,4H3/q+1. The van der Waals surface area contributed by atoms with Gasteiger partial charge in [-0.1, -0.05) is 0 Å². The van der Waals surface area contributed by atoms with E-state index >= 15 is 0 Å². The Morgan fingerprint density at radius 3 is 3.00 bits per heavy atom. The molecule has 0 fully saturated rings. The summed E-state index contributed by atoms with van der Waals surface area (Å²) in [5.41, 5.74) is 0. The molecule has 0 radical (unpaired) electrons. The van der Waals surface area contributed by atoms with Gasteiger partial charge in [-0.25, -0.2) is 4.58 Å². The Kier molecular flexibility index (Phi) is 3.83. The molecule has 4 nitrogen and oxygen atoms in total. The molecule has 0 bridgehead atoms. The van der Waals surface area contributed by atoms with Crippen LogP contribution in [-0.4, -0.2) is 48.3 Å². The van der Waals surface area contributed by atoms with Crippen molar-refractivity contribution in [1.29, 1.82) is 0 Å². The first kappa shape index (κ1) is 10.9. The molecular weight excluding hydrogens is 176 g/mol. The van der Waals surface area contributed by atoms with Gasteiger partial charge in [0.2, 0.25) is 5.82 Å². The summed E-state index contributed by atoms with van der Waals surface area (Å²) in [7, 11) is 1.96. The third kappa shape index (κ3) is 2.96. The lowest BCUT2D eigenvalue weighted by molar-refractivity contribution is -0.355. The molecule has 78 valence electrons. The van der Waals surface area contributed by atoms with E-state index in [1.54, 1.807) is 6.34 Å². The second-order valence-corrected chi connectivity index (χ2v) is 3.68. The molecule has 14 heavy (non-hydrogen) atoms. The molecule has 4 heteroatoms. The molecule has 0 amide bonds. The third-order valence-electron chi connectivity index (χ3n) is 2.15. The fraction of sp³-hybridized carbons (Fsp3) is 0.600. The molecule has 0 aliphatic carbocycles. The van der Waals surface area contributed by atoms with Crippen LogP contribution in [0, 0.1) is 0 Å². The number of nitrogens with one attached hydrogen (secondary N) is 1. The summed E-state index contributed by atoms with van der Waals surface area (Å²) in [6.07, 6.45) is 3.82. The molecule has 0 saturated carbocycles. The van der Waals surface area contributed by atoms with Crippen molar-refractivity contribution in [3.05, 3.63) is 12.4 Å². The van der Waals surface area contributed by atoms with Crippen LogP contribution in [-0.2, 0) is 0 Å². The Hall–Kier alpha value is -1.16. The zero-order chi connectivity index (χ0) is 10.6. The molecule has 0 aromatic carbocycles. The summed E-state index contributed by atoms with van der Waals surface area (Å²) < 4.78 is 1.93. The first-order valence-corrected chi connectivity index (χ1v) is 4.87. The molecule has 0 saturated heterocycles. The monoisotopic (exact) mass is 195 g/mol. The van der Waals surface area contributed by atoms with Gasteiger partial charge in [-0.15, -0.1) is 0 Å². The summed E-state index contributed by atoms with van der Waals surface area (Å²) in [6, 6.07) is 0.413. The second-order valence-electron chi connectivity index (χ2n) is 3.68. The van der Waals surface area contributed by atoms with E-state index in [-0.39, 0.29) is 0 Å². The van der Waals surface area contributed by atoms with Gasteiger partial charge in [0.25, 0.3) is 6.34 Å². The summed E-state index contributed by atoms with van der Waals surface area (Å²) in [6.45, 7) is 9.84. The van der Waals surface area contributed by atoms with E-state index in [1.807, 2.05) is 17.8 Å². The van der Waals surface area contributed by atoms with Crippen LogP contribution in [0.15, 0.2) is 17.4 Å². The maximum atomic E-state index is 4.29. The van der Waals surface area contributed by atoms with Gasteiger partial charge < -0.3 is 4.90 Å². The minimum absolute atomic E-state index is 0.413. The van der Waals surface area contributed by atoms with E-state index in [4.69, 9.17) is 0 Å². The Labute approximate surface area is 85.6 Å². The van der Waals surface area contributed by atoms with Crippen LogP contribution in [0.25, 0.3) is 0 Å². The number of aliphatic imine (C=N–C) groups is 1. The van der Waals surface area contributed by atoms with Gasteiger partial charge in [0.05, 0.1) is 26.5 Å². The van der Waals surface area contributed by atoms with Crippen LogP contribution in [0.1, 0.15) is 13.8 Å². The summed E-state index contributed by atoms with van der Waals surface area (Å²) >= 11 is 0. The number of nitrogens with zero attached hydrogens (tertiary/aromatic N) is 3. The van der Waals surface area contributed by atoms with Crippen molar-refractivity contribution in [3.8, 4) is 0 Å². The van der Waals surface area contributed by atoms with E-state index < -0.39 is 0 Å². The van der Waals surface area contributed by atoms with Crippen molar-refractivity contribution in [3.63, 3.8) is 0 Å². The van der Waals surface area contributed by atoms with Crippen LogP contribution in [0.5, 0.6) is 0 Å². The van der Waals surface area contributed by atoms with Gasteiger partial charge in [0.15, 0.2) is 0 Å². The molecule has 1 aliphatic rings. The smallest absolute Gasteiger partial charge is 0.288 e. The zero-order valence-electron chi connectivity index (χ0n) is 9.20. The lowest BCUT2D eigenvalue weighted by atomic mass is 10.3. The molecule has 0 atom stereocenters. The third-order valence-corrected chi connectivity index (χ3v) is 2.15. The average Bonchev–Trinajstić information content (AvgIpc) is 2.19. The van der Waals surface area contributed by atoms with Crippen LogP contribution in [0.4, 0.5) is 0 Å². The van der Waals surface area contributed by atoms with Crippen LogP contribution < -0.4 is 5.32 Å². The SMILES string of the molecule is C=C1N=C[N+](C)=CCNCN1C(C)C. The normalized spacial score (nSPS) is 19.0. The Bertz CT molecular complexity index is 265. The van der Waals surface area contributed by atoms with E-state index in [2.05, 4.69) is 35.6 Å². The highest BCUT2D eigenvalue weighted by atomic mass is 15.3. The minimum Gasteiger partial charge on any atom is -0.321 e. The van der Waals surface area contributed by atoms with Crippen molar-refractivity contribution in [1.82, 2.24) is 10.2 Å². The van der Waals surface area contributed by atoms with Gasteiger partial charge in [-0.05, 0) is 25.4 Å². The highest BCUT2D eigenvalue weighted by Crippen LogP contribution is 2.06. The van der Waals surface area contributed by atoms with Crippen molar-refractivity contribution >= 4 is 12.6 Å². The van der Waals surface area contributed by atoms with Crippen molar-refractivity contribution < 1.29 is 4.58 Å². The quantitative estimate of drug-likeness (QED) is 0.617. The summed E-state index contributed by atoms with van der Waals surface area (Å²) in [5.74, 6) is 0.801. The molecule has 0 unspecified atom stereocenters. The molecule has 0 spiro atoms. The largest absolute Gasteiger partial charge is 0.321 e. The predicted molar refractivity (Wildman–Crippen MR) is 59.7 cm³/mol. The van der Waals surface area contributed by atoms with Crippen molar-refractivity contribution in [2.75, 3.05) is 20.3 Å². The fourth-order valence-electron chi connectivity index (χ4n) is 1.24. The first-order chi connectivity index (χ1) is 6.61. The van der Waals surface area contributed by atoms with Crippen LogP contribution in [0.3, 0.4) is 0 Å². The van der Waals surface area contributed by atoms with Gasteiger partial charge in [-0.3, -0.25) is 5.32 Å². The van der Waals surface area contributed by atoms with E-state index in [9.17, 15) is 0 Å². The number of hydrogen-bond acceptors (Lipinski definition) is 3. The van der Waals surface area contributed by atoms with Crippen molar-refractivity contribution in [2.24, 2.45) is 4.99 Å². The van der Waals surface area contributed by atoms with E-state index in [1.165, 1.54) is 0 Å². The van der Waals surface area contributed by atoms with Crippen LogP contribution in [0.2, 0.25) is 0 Å². The highest BCUT2D eigenvalue weighted by molar-refractivity contribution is 5.61. The van der Waals surface area contributed by atoms with Gasteiger partial charge in [0.1, 0.15) is 0 Å². The topological polar surface area (TPSA) is 30.6 Å². The average molecular weight is 195 g/mol. The lowest BCUT2D eigenvalue weighted by Gasteiger charge is -2.24. The predicted octanol–water partition coefficient (Wildman–Crippen LogP) is 0.470. The van der Waals surface area contributed by atoms with Gasteiger partial charge in [-0.2, -0.15) is 0 Å². The molecule has 1 rings (SSSR count). The van der Waals surface area contributed by atoms with Crippen molar-refractivity contribution in [2.45, 2.75) is 19.9 Å². The summed E-state index contributed by atoms with van der Waals surface area (Å²) in [4.78, 5) is 6.42. The number of rotatable bonds is 1.